The highest BCUT2D eigenvalue weighted by atomic mass is 79.9. The van der Waals surface area contributed by atoms with Crippen LogP contribution in [0.5, 0.6) is 5.75 Å². The zero-order chi connectivity index (χ0) is 24.7. The minimum atomic E-state index is -0.745. The van der Waals surface area contributed by atoms with Gasteiger partial charge in [-0.3, -0.25) is 4.79 Å². The number of para-hydroxylation sites is 2. The van der Waals surface area contributed by atoms with Crippen LogP contribution in [-0.2, 0) is 4.79 Å². The summed E-state index contributed by atoms with van der Waals surface area (Å²) in [4.78, 5) is 36.8. The van der Waals surface area contributed by atoms with Crippen molar-refractivity contribution in [2.45, 2.75) is 0 Å². The fourth-order valence-corrected chi connectivity index (χ4v) is 3.55. The Balaban J connectivity index is 1.90. The van der Waals surface area contributed by atoms with Gasteiger partial charge in [-0.1, -0.05) is 30.3 Å². The van der Waals surface area contributed by atoms with Crippen LogP contribution in [0.1, 0.15) is 5.56 Å². The van der Waals surface area contributed by atoms with E-state index >= 15 is 0 Å². The van der Waals surface area contributed by atoms with Crippen LogP contribution in [0.3, 0.4) is 0 Å². The van der Waals surface area contributed by atoms with Crippen LogP contribution in [-0.4, -0.2) is 23.1 Å². The third-order valence-electron chi connectivity index (χ3n) is 4.33. The van der Waals surface area contributed by atoms with E-state index in [1.165, 1.54) is 18.2 Å². The SMILES string of the molecule is NC(=O)/C=C/c1ccc(N(NC(=O)Nc2ccccc2Br)C(=O)Nc2ccccc2Br)c(O)c1. The number of anilines is 3. The summed E-state index contributed by atoms with van der Waals surface area (Å²) in [6.07, 6.45) is 2.54. The number of hydrazine groups is 1. The first-order valence-corrected chi connectivity index (χ1v) is 11.3. The average Bonchev–Trinajstić information content (AvgIpc) is 2.79. The molecule has 0 bridgehead atoms. The van der Waals surface area contributed by atoms with Crippen molar-refractivity contribution in [2.75, 3.05) is 15.6 Å². The van der Waals surface area contributed by atoms with E-state index in [1.54, 1.807) is 54.6 Å². The number of phenolic OH excluding ortho intramolecular Hbond substituents is 1. The standard InChI is InChI=1S/C23H19Br2N5O4/c24-15-5-1-3-7-17(15)27-22(33)29-30(23(34)28-18-8-4-2-6-16(18)25)19-11-9-14(13-20(19)31)10-12-21(26)32/h1-13,31H,(H2,26,32)(H,28,34)(H2,27,29,33)/b12-10+. The summed E-state index contributed by atoms with van der Waals surface area (Å²) in [5, 5.41) is 16.8. The number of nitrogens with one attached hydrogen (secondary N) is 3. The second-order valence-corrected chi connectivity index (χ2v) is 8.48. The lowest BCUT2D eigenvalue weighted by atomic mass is 10.1. The molecule has 3 rings (SSSR count). The summed E-state index contributed by atoms with van der Waals surface area (Å²) in [5.74, 6) is -0.974. The molecule has 0 aliphatic rings. The van der Waals surface area contributed by atoms with Crippen molar-refractivity contribution in [1.82, 2.24) is 5.43 Å². The molecule has 0 atom stereocenters. The monoisotopic (exact) mass is 587 g/mol. The number of hydrogen-bond acceptors (Lipinski definition) is 4. The zero-order valence-corrected chi connectivity index (χ0v) is 20.6. The fourth-order valence-electron chi connectivity index (χ4n) is 2.78. The Bertz CT molecular complexity index is 1270. The molecule has 5 amide bonds. The summed E-state index contributed by atoms with van der Waals surface area (Å²) in [7, 11) is 0. The number of nitrogens with zero attached hydrogens (tertiary/aromatic N) is 1. The van der Waals surface area contributed by atoms with Crippen molar-refractivity contribution in [3.8, 4) is 5.75 Å². The van der Waals surface area contributed by atoms with Crippen molar-refractivity contribution in [3.05, 3.63) is 87.3 Å². The number of nitrogens with two attached hydrogens (primary N) is 1. The van der Waals surface area contributed by atoms with E-state index in [4.69, 9.17) is 5.73 Å². The Morgan fingerprint density at radius 3 is 2.03 bits per heavy atom. The van der Waals surface area contributed by atoms with Crippen LogP contribution in [0.25, 0.3) is 6.08 Å². The van der Waals surface area contributed by atoms with Gasteiger partial charge < -0.3 is 21.5 Å². The largest absolute Gasteiger partial charge is 0.506 e. The van der Waals surface area contributed by atoms with Crippen molar-refractivity contribution < 1.29 is 19.5 Å². The van der Waals surface area contributed by atoms with E-state index in [0.29, 0.717) is 25.9 Å². The highest BCUT2D eigenvalue weighted by Crippen LogP contribution is 2.30. The number of aromatic hydroxyl groups is 1. The topological polar surface area (TPSA) is 137 Å². The molecule has 0 aliphatic heterocycles. The number of carbonyl (C=O) groups is 3. The predicted molar refractivity (Wildman–Crippen MR) is 138 cm³/mol. The lowest BCUT2D eigenvalue weighted by Gasteiger charge is -2.25. The molecular formula is C23H19Br2N5O4. The molecule has 0 radical (unpaired) electrons. The van der Waals surface area contributed by atoms with Crippen molar-refractivity contribution >= 4 is 73.0 Å². The number of halogens is 2. The number of urea groups is 2. The average molecular weight is 589 g/mol. The van der Waals surface area contributed by atoms with Crippen LogP contribution in [0.15, 0.2) is 81.8 Å². The first-order valence-electron chi connectivity index (χ1n) is 9.73. The van der Waals surface area contributed by atoms with E-state index in [0.717, 1.165) is 11.1 Å². The molecule has 0 spiro atoms. The number of amides is 5. The van der Waals surface area contributed by atoms with Gasteiger partial charge in [0.25, 0.3) is 0 Å². The van der Waals surface area contributed by atoms with Gasteiger partial charge in [0.1, 0.15) is 11.4 Å². The van der Waals surface area contributed by atoms with Gasteiger partial charge in [-0.2, -0.15) is 5.01 Å². The molecular weight excluding hydrogens is 570 g/mol. The highest BCUT2D eigenvalue weighted by Gasteiger charge is 2.23. The van der Waals surface area contributed by atoms with E-state index in [2.05, 4.69) is 47.9 Å². The lowest BCUT2D eigenvalue weighted by Crippen LogP contribution is -2.50. The number of benzene rings is 3. The zero-order valence-electron chi connectivity index (χ0n) is 17.5. The van der Waals surface area contributed by atoms with Crippen molar-refractivity contribution in [2.24, 2.45) is 5.73 Å². The Morgan fingerprint density at radius 1 is 0.882 bits per heavy atom. The second-order valence-electron chi connectivity index (χ2n) is 6.78. The van der Waals surface area contributed by atoms with Crippen molar-refractivity contribution in [3.63, 3.8) is 0 Å². The number of phenols is 1. The second kappa shape index (κ2) is 11.3. The Kier molecular flexibility index (Phi) is 8.28. The first-order chi connectivity index (χ1) is 16.2. The fraction of sp³-hybridized carbons (Fsp3) is 0. The van der Waals surface area contributed by atoms with Crippen LogP contribution < -0.4 is 26.8 Å². The van der Waals surface area contributed by atoms with E-state index in [9.17, 15) is 19.5 Å². The van der Waals surface area contributed by atoms with E-state index < -0.39 is 18.0 Å². The van der Waals surface area contributed by atoms with Gasteiger partial charge in [-0.05, 0) is 79.9 Å². The van der Waals surface area contributed by atoms with Gasteiger partial charge >= 0.3 is 12.1 Å². The van der Waals surface area contributed by atoms with Crippen LogP contribution in [0, 0.1) is 0 Å². The van der Waals surface area contributed by atoms with E-state index in [-0.39, 0.29) is 11.4 Å². The Labute approximate surface area is 211 Å². The summed E-state index contributed by atoms with van der Waals surface area (Å²) < 4.78 is 1.26. The normalized spacial score (nSPS) is 10.5. The highest BCUT2D eigenvalue weighted by molar-refractivity contribution is 9.11. The van der Waals surface area contributed by atoms with Gasteiger partial charge in [0.05, 0.1) is 11.4 Å². The maximum atomic E-state index is 13.1. The molecule has 11 heteroatoms. The summed E-state index contributed by atoms with van der Waals surface area (Å²) in [6, 6.07) is 16.7. The minimum Gasteiger partial charge on any atom is -0.506 e. The van der Waals surface area contributed by atoms with Gasteiger partial charge in [-0.15, -0.1) is 0 Å². The number of carbonyl (C=O) groups excluding carboxylic acids is 3. The molecule has 34 heavy (non-hydrogen) atoms. The summed E-state index contributed by atoms with van der Waals surface area (Å²) in [5.41, 5.74) is 8.92. The molecule has 3 aromatic rings. The van der Waals surface area contributed by atoms with E-state index in [1.807, 2.05) is 0 Å². The smallest absolute Gasteiger partial charge is 0.345 e. The molecule has 0 aromatic heterocycles. The molecule has 0 fully saturated rings. The number of hydrogen-bond donors (Lipinski definition) is 5. The predicted octanol–water partition coefficient (Wildman–Crippen LogP) is 5.19. The van der Waals surface area contributed by atoms with Gasteiger partial charge in [0.2, 0.25) is 5.91 Å². The third kappa shape index (κ3) is 6.59. The molecule has 174 valence electrons. The molecule has 6 N–H and O–H groups in total. The number of primary amides is 1. The first kappa shape index (κ1) is 24.8. The summed E-state index contributed by atoms with van der Waals surface area (Å²) in [6.45, 7) is 0. The molecule has 0 heterocycles. The third-order valence-corrected chi connectivity index (χ3v) is 5.72. The Morgan fingerprint density at radius 2 is 1.47 bits per heavy atom. The van der Waals surface area contributed by atoms with Gasteiger partial charge in [0, 0.05) is 15.0 Å². The number of rotatable bonds is 5. The molecule has 0 saturated carbocycles. The lowest BCUT2D eigenvalue weighted by molar-refractivity contribution is -0.113. The van der Waals surface area contributed by atoms with Crippen LogP contribution in [0.4, 0.5) is 26.7 Å². The maximum absolute atomic E-state index is 13.1. The van der Waals surface area contributed by atoms with Crippen LogP contribution >= 0.6 is 31.9 Å². The van der Waals surface area contributed by atoms with Gasteiger partial charge in [0.15, 0.2) is 0 Å². The summed E-state index contributed by atoms with van der Waals surface area (Å²) >= 11 is 6.69. The van der Waals surface area contributed by atoms with Crippen LogP contribution in [0.2, 0.25) is 0 Å². The quantitative estimate of drug-likeness (QED) is 0.207. The molecule has 0 aliphatic carbocycles. The molecule has 0 unspecified atom stereocenters. The molecule has 0 saturated heterocycles. The minimum absolute atomic E-state index is 0.0111. The van der Waals surface area contributed by atoms with Gasteiger partial charge in [-0.25, -0.2) is 15.0 Å². The van der Waals surface area contributed by atoms with Crippen molar-refractivity contribution in [1.29, 1.82) is 0 Å². The maximum Gasteiger partial charge on any atom is 0.345 e. The molecule has 9 nitrogen and oxygen atoms in total. The molecule has 3 aromatic carbocycles. The Hall–Kier alpha value is -3.83.